The lowest BCUT2D eigenvalue weighted by molar-refractivity contribution is -0.121. The molecular formula is C25H28N6O3. The summed E-state index contributed by atoms with van der Waals surface area (Å²) in [6.45, 7) is 4.18. The molecule has 34 heavy (non-hydrogen) atoms. The van der Waals surface area contributed by atoms with Crippen molar-refractivity contribution in [3.8, 4) is 11.4 Å². The topological polar surface area (TPSA) is 98.2 Å². The van der Waals surface area contributed by atoms with E-state index in [0.717, 1.165) is 48.1 Å². The number of hydrogen-bond donors (Lipinski definition) is 1. The molecule has 0 bridgehead atoms. The smallest absolute Gasteiger partial charge is 0.328 e. The molecule has 176 valence electrons. The fourth-order valence-electron chi connectivity index (χ4n) is 4.59. The van der Waals surface area contributed by atoms with E-state index in [2.05, 4.69) is 20.4 Å². The monoisotopic (exact) mass is 460 g/mol. The molecule has 1 N–H and O–H groups in total. The SMILES string of the molecule is Cc1cccc(-c2noc(CN3CCC(C(=O)Nc4ccc5c(c4)n(C)c(=O)n5C)CC3)n2)c1. The van der Waals surface area contributed by atoms with E-state index in [9.17, 15) is 9.59 Å². The maximum absolute atomic E-state index is 12.9. The number of piperidine rings is 1. The maximum atomic E-state index is 12.9. The van der Waals surface area contributed by atoms with Crippen molar-refractivity contribution < 1.29 is 9.32 Å². The molecule has 9 nitrogen and oxygen atoms in total. The standard InChI is InChI=1S/C25H28N6O3/c1-16-5-4-6-18(13-16)23-27-22(34-28-23)15-31-11-9-17(10-12-31)24(32)26-19-7-8-20-21(14-19)30(3)25(33)29(20)2/h4-8,13-14,17H,9-12,15H2,1-3H3,(H,26,32). The van der Waals surface area contributed by atoms with Crippen LogP contribution in [0.2, 0.25) is 0 Å². The lowest BCUT2D eigenvalue weighted by Crippen LogP contribution is -2.37. The van der Waals surface area contributed by atoms with E-state index in [1.165, 1.54) is 0 Å². The molecule has 1 saturated heterocycles. The van der Waals surface area contributed by atoms with Gasteiger partial charge < -0.3 is 9.84 Å². The van der Waals surface area contributed by atoms with Gasteiger partial charge in [-0.05, 0) is 57.1 Å². The molecule has 1 fully saturated rings. The Bertz CT molecular complexity index is 1410. The Morgan fingerprint density at radius 2 is 1.85 bits per heavy atom. The Labute approximate surface area is 197 Å². The number of benzene rings is 2. The van der Waals surface area contributed by atoms with E-state index in [-0.39, 0.29) is 17.5 Å². The van der Waals surface area contributed by atoms with E-state index in [1.807, 2.05) is 49.4 Å². The lowest BCUT2D eigenvalue weighted by Gasteiger charge is -2.30. The predicted molar refractivity (Wildman–Crippen MR) is 129 cm³/mol. The number of imidazole rings is 1. The van der Waals surface area contributed by atoms with Crippen molar-refractivity contribution in [1.29, 1.82) is 0 Å². The second-order valence-corrected chi connectivity index (χ2v) is 9.02. The van der Waals surface area contributed by atoms with Gasteiger partial charge in [-0.15, -0.1) is 0 Å². The van der Waals surface area contributed by atoms with Crippen LogP contribution in [0.25, 0.3) is 22.4 Å². The zero-order chi connectivity index (χ0) is 23.8. The van der Waals surface area contributed by atoms with Crippen LogP contribution in [-0.4, -0.2) is 43.2 Å². The molecular weight excluding hydrogens is 432 g/mol. The van der Waals surface area contributed by atoms with Gasteiger partial charge in [0.15, 0.2) is 0 Å². The minimum absolute atomic E-state index is 0.0134. The summed E-state index contributed by atoms with van der Waals surface area (Å²) in [6.07, 6.45) is 1.52. The van der Waals surface area contributed by atoms with E-state index in [0.29, 0.717) is 23.9 Å². The summed E-state index contributed by atoms with van der Waals surface area (Å²) < 4.78 is 8.65. The number of carbonyl (C=O) groups is 1. The first-order chi connectivity index (χ1) is 16.4. The molecule has 0 saturated carbocycles. The van der Waals surface area contributed by atoms with Crippen LogP contribution in [0.1, 0.15) is 24.3 Å². The number of fused-ring (bicyclic) bond motifs is 1. The molecule has 5 rings (SSSR count). The molecule has 0 unspecified atom stereocenters. The molecule has 2 aromatic carbocycles. The van der Waals surface area contributed by atoms with Crippen LogP contribution in [0.15, 0.2) is 51.8 Å². The second-order valence-electron chi connectivity index (χ2n) is 9.02. The van der Waals surface area contributed by atoms with Crippen LogP contribution in [0.3, 0.4) is 0 Å². The quantitative estimate of drug-likeness (QED) is 0.492. The summed E-state index contributed by atoms with van der Waals surface area (Å²) in [4.78, 5) is 31.8. The maximum Gasteiger partial charge on any atom is 0.328 e. The van der Waals surface area contributed by atoms with Crippen molar-refractivity contribution in [3.05, 3.63) is 64.4 Å². The van der Waals surface area contributed by atoms with Gasteiger partial charge in [0.1, 0.15) is 0 Å². The summed E-state index contributed by atoms with van der Waals surface area (Å²) in [5, 5.41) is 7.15. The van der Waals surface area contributed by atoms with Crippen molar-refractivity contribution in [3.63, 3.8) is 0 Å². The van der Waals surface area contributed by atoms with Crippen molar-refractivity contribution >= 4 is 22.6 Å². The van der Waals surface area contributed by atoms with Crippen LogP contribution in [0.5, 0.6) is 0 Å². The summed E-state index contributed by atoms with van der Waals surface area (Å²) in [6, 6.07) is 13.6. The van der Waals surface area contributed by atoms with Crippen molar-refractivity contribution in [2.45, 2.75) is 26.3 Å². The third kappa shape index (κ3) is 4.26. The summed E-state index contributed by atoms with van der Waals surface area (Å²) in [5.41, 5.74) is 4.35. The van der Waals surface area contributed by atoms with E-state index in [1.54, 1.807) is 23.2 Å². The molecule has 0 radical (unpaired) electrons. The normalized spacial score (nSPS) is 15.1. The first-order valence-electron chi connectivity index (χ1n) is 11.5. The number of rotatable bonds is 5. The van der Waals surface area contributed by atoms with Gasteiger partial charge >= 0.3 is 5.69 Å². The molecule has 4 aromatic rings. The largest absolute Gasteiger partial charge is 0.338 e. The Hall–Kier alpha value is -3.72. The van der Waals surface area contributed by atoms with Crippen LogP contribution in [0.4, 0.5) is 5.69 Å². The third-order valence-corrected chi connectivity index (χ3v) is 6.60. The molecule has 2 aromatic heterocycles. The Morgan fingerprint density at radius 3 is 2.62 bits per heavy atom. The number of aromatic nitrogens is 4. The van der Waals surface area contributed by atoms with E-state index in [4.69, 9.17) is 4.52 Å². The minimum atomic E-state index is -0.0851. The van der Waals surface area contributed by atoms with Gasteiger partial charge in [-0.25, -0.2) is 4.79 Å². The zero-order valence-electron chi connectivity index (χ0n) is 19.6. The van der Waals surface area contributed by atoms with Gasteiger partial charge in [0.05, 0.1) is 17.6 Å². The number of nitrogens with zero attached hydrogens (tertiary/aromatic N) is 5. The van der Waals surface area contributed by atoms with Gasteiger partial charge in [0.25, 0.3) is 0 Å². The molecule has 0 spiro atoms. The van der Waals surface area contributed by atoms with E-state index >= 15 is 0 Å². The number of aryl methyl sites for hydroxylation is 3. The lowest BCUT2D eigenvalue weighted by atomic mass is 9.96. The third-order valence-electron chi connectivity index (χ3n) is 6.60. The summed E-state index contributed by atoms with van der Waals surface area (Å²) >= 11 is 0. The fourth-order valence-corrected chi connectivity index (χ4v) is 4.59. The predicted octanol–water partition coefficient (Wildman–Crippen LogP) is 3.09. The second kappa shape index (κ2) is 8.90. The molecule has 9 heteroatoms. The van der Waals surface area contributed by atoms with Crippen molar-refractivity contribution in [2.24, 2.45) is 20.0 Å². The molecule has 3 heterocycles. The van der Waals surface area contributed by atoms with Crippen LogP contribution >= 0.6 is 0 Å². The van der Waals surface area contributed by atoms with Crippen LogP contribution in [0, 0.1) is 12.8 Å². The molecule has 0 atom stereocenters. The van der Waals surface area contributed by atoms with Crippen molar-refractivity contribution in [2.75, 3.05) is 18.4 Å². The van der Waals surface area contributed by atoms with Crippen LogP contribution in [-0.2, 0) is 25.4 Å². The Morgan fingerprint density at radius 1 is 1.09 bits per heavy atom. The zero-order valence-corrected chi connectivity index (χ0v) is 19.6. The summed E-state index contributed by atoms with van der Waals surface area (Å²) in [5.74, 6) is 1.14. The average Bonchev–Trinajstić information content (AvgIpc) is 3.39. The molecule has 0 aliphatic carbocycles. The first kappa shape index (κ1) is 22.1. The minimum Gasteiger partial charge on any atom is -0.338 e. The number of carbonyl (C=O) groups excluding carboxylic acids is 1. The highest BCUT2D eigenvalue weighted by Crippen LogP contribution is 2.23. The highest BCUT2D eigenvalue weighted by atomic mass is 16.5. The molecule has 1 amide bonds. The molecule has 1 aliphatic heterocycles. The molecule has 1 aliphatic rings. The van der Waals surface area contributed by atoms with Gasteiger partial charge in [-0.2, -0.15) is 4.98 Å². The van der Waals surface area contributed by atoms with Gasteiger partial charge in [0.2, 0.25) is 17.6 Å². The van der Waals surface area contributed by atoms with Gasteiger partial charge in [0, 0.05) is 31.3 Å². The number of hydrogen-bond acceptors (Lipinski definition) is 6. The highest BCUT2D eigenvalue weighted by molar-refractivity contribution is 5.94. The van der Waals surface area contributed by atoms with Crippen LogP contribution < -0.4 is 11.0 Å². The van der Waals surface area contributed by atoms with Gasteiger partial charge in [-0.1, -0.05) is 28.9 Å². The number of nitrogens with one attached hydrogen (secondary N) is 1. The average molecular weight is 461 g/mol. The fraction of sp³-hybridized carbons (Fsp3) is 0.360. The number of amides is 1. The summed E-state index contributed by atoms with van der Waals surface area (Å²) in [7, 11) is 3.48. The number of likely N-dealkylation sites (tertiary alicyclic amines) is 1. The van der Waals surface area contributed by atoms with E-state index < -0.39 is 0 Å². The van der Waals surface area contributed by atoms with Gasteiger partial charge in [-0.3, -0.25) is 18.8 Å². The Balaban J connectivity index is 1.17. The highest BCUT2D eigenvalue weighted by Gasteiger charge is 2.26. The Kier molecular flexibility index (Phi) is 5.79. The van der Waals surface area contributed by atoms with Crippen molar-refractivity contribution in [1.82, 2.24) is 24.2 Å². The first-order valence-corrected chi connectivity index (χ1v) is 11.5. The number of anilines is 1.